The van der Waals surface area contributed by atoms with E-state index in [0.29, 0.717) is 18.3 Å². The Hall–Kier alpha value is -3.68. The highest BCUT2D eigenvalue weighted by Gasteiger charge is 2.32. The van der Waals surface area contributed by atoms with Crippen molar-refractivity contribution in [2.45, 2.75) is 25.3 Å². The van der Waals surface area contributed by atoms with Crippen LogP contribution in [0.4, 0.5) is 10.6 Å². The summed E-state index contributed by atoms with van der Waals surface area (Å²) in [5.41, 5.74) is 10.2. The Balaban J connectivity index is 1.56. The van der Waals surface area contributed by atoms with Crippen molar-refractivity contribution in [3.05, 3.63) is 59.8 Å². The fraction of sp³-hybridized carbons (Fsp3) is 0.200. The molecule has 140 valence electrons. The Morgan fingerprint density at radius 1 is 1.21 bits per heavy atom. The highest BCUT2D eigenvalue weighted by Crippen LogP contribution is 2.44. The Bertz CT molecular complexity index is 1160. The summed E-state index contributed by atoms with van der Waals surface area (Å²) in [6.45, 7) is 0.697. The molecule has 1 aliphatic rings. The van der Waals surface area contributed by atoms with Crippen LogP contribution in [0, 0.1) is 0 Å². The molecular weight excluding hydrogens is 354 g/mol. The fourth-order valence-corrected chi connectivity index (χ4v) is 3.53. The molecule has 1 fully saturated rings. The number of nitrogens with zero attached hydrogens (tertiary/aromatic N) is 4. The van der Waals surface area contributed by atoms with Gasteiger partial charge in [-0.2, -0.15) is 5.10 Å². The molecule has 4 aromatic rings. The largest absolute Gasteiger partial charge is 0.351 e. The van der Waals surface area contributed by atoms with Crippen molar-refractivity contribution < 1.29 is 4.79 Å². The molecule has 0 aliphatic heterocycles. The van der Waals surface area contributed by atoms with E-state index in [-0.39, 0.29) is 0 Å². The maximum Gasteiger partial charge on any atom is 0.317 e. The molecule has 0 unspecified atom stereocenters. The van der Waals surface area contributed by atoms with Gasteiger partial charge in [0.15, 0.2) is 5.82 Å². The van der Waals surface area contributed by atoms with Crippen LogP contribution in [0.1, 0.15) is 30.0 Å². The number of carbonyl (C=O) groups is 1. The first-order valence-corrected chi connectivity index (χ1v) is 9.21. The van der Waals surface area contributed by atoms with Crippen LogP contribution < -0.4 is 11.1 Å². The van der Waals surface area contributed by atoms with Gasteiger partial charge in [0.25, 0.3) is 0 Å². The predicted molar refractivity (Wildman–Crippen MR) is 106 cm³/mol. The summed E-state index contributed by atoms with van der Waals surface area (Å²) in [7, 11) is 0. The number of anilines is 1. The number of aromatic amines is 1. The van der Waals surface area contributed by atoms with Gasteiger partial charge >= 0.3 is 6.03 Å². The van der Waals surface area contributed by atoms with Crippen molar-refractivity contribution in [3.63, 3.8) is 0 Å². The minimum Gasteiger partial charge on any atom is -0.351 e. The molecule has 0 saturated heterocycles. The number of hydrogen-bond donors (Lipinski definition) is 3. The van der Waals surface area contributed by atoms with Gasteiger partial charge in [0.05, 0.1) is 17.8 Å². The Morgan fingerprint density at radius 3 is 2.79 bits per heavy atom. The number of nitrogens with two attached hydrogens (primary N) is 1. The van der Waals surface area contributed by atoms with E-state index in [9.17, 15) is 4.79 Å². The number of amides is 2. The smallest absolute Gasteiger partial charge is 0.317 e. The van der Waals surface area contributed by atoms with Crippen molar-refractivity contribution in [3.8, 4) is 11.3 Å². The number of benzene rings is 2. The SMILES string of the molecule is NC(=O)Nc1n[nH]c2ccc(-c3nnn(Cc4ccccc4)c3C3CC3)cc12. The lowest BCUT2D eigenvalue weighted by molar-refractivity contribution is 0.259. The van der Waals surface area contributed by atoms with Crippen molar-refractivity contribution in [2.24, 2.45) is 5.73 Å². The standard InChI is InChI=1S/C20H19N7O/c21-20(28)22-19-15-10-14(8-9-16(15)23-25-19)17-18(13-6-7-13)27(26-24-17)11-12-4-2-1-3-5-12/h1-5,8-10,13H,6-7,11H2,(H4,21,22,23,25,28). The zero-order valence-electron chi connectivity index (χ0n) is 15.1. The van der Waals surface area contributed by atoms with E-state index in [1.807, 2.05) is 41.1 Å². The Morgan fingerprint density at radius 2 is 2.04 bits per heavy atom. The molecule has 0 radical (unpaired) electrons. The fourth-order valence-electron chi connectivity index (χ4n) is 3.53. The lowest BCUT2D eigenvalue weighted by Crippen LogP contribution is -2.19. The van der Waals surface area contributed by atoms with Crippen LogP contribution in [0.2, 0.25) is 0 Å². The van der Waals surface area contributed by atoms with E-state index in [4.69, 9.17) is 5.73 Å². The van der Waals surface area contributed by atoms with Crippen LogP contribution in [-0.2, 0) is 6.54 Å². The molecular formula is C20H19N7O. The summed E-state index contributed by atoms with van der Waals surface area (Å²) >= 11 is 0. The van der Waals surface area contributed by atoms with Gasteiger partial charge in [0.2, 0.25) is 0 Å². The molecule has 2 amide bonds. The molecule has 0 bridgehead atoms. The summed E-state index contributed by atoms with van der Waals surface area (Å²) < 4.78 is 2.00. The summed E-state index contributed by atoms with van der Waals surface area (Å²) in [5, 5.41) is 19.3. The molecule has 1 saturated carbocycles. The van der Waals surface area contributed by atoms with Gasteiger partial charge in [-0.3, -0.25) is 10.4 Å². The highest BCUT2D eigenvalue weighted by molar-refractivity contribution is 5.99. The van der Waals surface area contributed by atoms with Crippen LogP contribution in [0.15, 0.2) is 48.5 Å². The first kappa shape index (κ1) is 16.5. The zero-order valence-corrected chi connectivity index (χ0v) is 15.1. The van der Waals surface area contributed by atoms with Gasteiger partial charge in [-0.1, -0.05) is 41.6 Å². The number of primary amides is 1. The molecule has 5 rings (SSSR count). The molecule has 0 atom stereocenters. The molecule has 2 aromatic carbocycles. The second-order valence-electron chi connectivity index (χ2n) is 7.06. The topological polar surface area (TPSA) is 115 Å². The van der Waals surface area contributed by atoms with E-state index >= 15 is 0 Å². The molecule has 4 N–H and O–H groups in total. The normalized spacial score (nSPS) is 13.7. The number of urea groups is 1. The zero-order chi connectivity index (χ0) is 19.1. The van der Waals surface area contributed by atoms with Gasteiger partial charge in [-0.05, 0) is 30.5 Å². The average Bonchev–Trinajstić information content (AvgIpc) is 3.34. The van der Waals surface area contributed by atoms with Crippen molar-refractivity contribution in [1.29, 1.82) is 0 Å². The number of carbonyl (C=O) groups excluding carboxylic acids is 1. The minimum atomic E-state index is -0.647. The van der Waals surface area contributed by atoms with Gasteiger partial charge < -0.3 is 5.73 Å². The lowest BCUT2D eigenvalue weighted by Gasteiger charge is -2.08. The lowest BCUT2D eigenvalue weighted by atomic mass is 10.1. The average molecular weight is 373 g/mol. The Labute approximate surface area is 160 Å². The minimum absolute atomic E-state index is 0.411. The van der Waals surface area contributed by atoms with Gasteiger partial charge in [-0.15, -0.1) is 5.10 Å². The molecule has 0 spiro atoms. The summed E-state index contributed by atoms with van der Waals surface area (Å²) in [6.07, 6.45) is 2.30. The van der Waals surface area contributed by atoms with Crippen molar-refractivity contribution >= 4 is 22.8 Å². The number of rotatable bonds is 5. The second kappa shape index (κ2) is 6.49. The number of fused-ring (bicyclic) bond motifs is 1. The quantitative estimate of drug-likeness (QED) is 0.498. The second-order valence-corrected chi connectivity index (χ2v) is 7.06. The number of hydrogen-bond acceptors (Lipinski definition) is 4. The molecule has 1 aliphatic carbocycles. The third kappa shape index (κ3) is 2.98. The first-order valence-electron chi connectivity index (χ1n) is 9.21. The predicted octanol–water partition coefficient (Wildman–Crippen LogP) is 3.24. The monoisotopic (exact) mass is 373 g/mol. The molecule has 28 heavy (non-hydrogen) atoms. The van der Waals surface area contributed by atoms with Gasteiger partial charge in [0, 0.05) is 16.9 Å². The van der Waals surface area contributed by atoms with E-state index in [2.05, 4.69) is 38.0 Å². The molecule has 2 heterocycles. The summed E-state index contributed by atoms with van der Waals surface area (Å²) in [5.74, 6) is 0.894. The van der Waals surface area contributed by atoms with Crippen LogP contribution in [0.3, 0.4) is 0 Å². The van der Waals surface area contributed by atoms with Crippen molar-refractivity contribution in [2.75, 3.05) is 5.32 Å². The van der Waals surface area contributed by atoms with Gasteiger partial charge in [-0.25, -0.2) is 9.48 Å². The number of nitrogens with one attached hydrogen (secondary N) is 2. The summed E-state index contributed by atoms with van der Waals surface area (Å²) in [4.78, 5) is 11.2. The maximum absolute atomic E-state index is 11.2. The number of aromatic nitrogens is 5. The summed E-state index contributed by atoms with van der Waals surface area (Å²) in [6, 6.07) is 15.5. The van der Waals surface area contributed by atoms with Crippen LogP contribution in [0.5, 0.6) is 0 Å². The third-order valence-corrected chi connectivity index (χ3v) is 4.99. The molecule has 8 nitrogen and oxygen atoms in total. The van der Waals surface area contributed by atoms with Gasteiger partial charge in [0.1, 0.15) is 5.69 Å². The number of H-pyrrole nitrogens is 1. The van der Waals surface area contributed by atoms with E-state index < -0.39 is 6.03 Å². The highest BCUT2D eigenvalue weighted by atomic mass is 16.2. The van der Waals surface area contributed by atoms with Crippen molar-refractivity contribution in [1.82, 2.24) is 25.2 Å². The van der Waals surface area contributed by atoms with E-state index in [1.54, 1.807) is 0 Å². The van der Waals surface area contributed by atoms with E-state index in [1.165, 1.54) is 5.56 Å². The van der Waals surface area contributed by atoms with Crippen LogP contribution in [0.25, 0.3) is 22.2 Å². The third-order valence-electron chi connectivity index (χ3n) is 4.99. The maximum atomic E-state index is 11.2. The van der Waals surface area contributed by atoms with Crippen LogP contribution >= 0.6 is 0 Å². The molecule has 2 aromatic heterocycles. The van der Waals surface area contributed by atoms with Crippen LogP contribution in [-0.4, -0.2) is 31.2 Å². The van der Waals surface area contributed by atoms with E-state index in [0.717, 1.165) is 40.7 Å². The molecule has 8 heteroatoms. The Kier molecular flexibility index (Phi) is 3.82. The first-order chi connectivity index (χ1) is 13.7.